The molecule has 0 fully saturated rings. The molecule has 6 heteroatoms. The molecule has 3 aromatic rings. The van der Waals surface area contributed by atoms with Crippen molar-refractivity contribution < 1.29 is 14.4 Å². The predicted molar refractivity (Wildman–Crippen MR) is 62.1 cm³/mol. The van der Waals surface area contributed by atoms with Gasteiger partial charge >= 0.3 is 5.97 Å². The zero-order valence-electron chi connectivity index (χ0n) is 8.45. The van der Waals surface area contributed by atoms with E-state index in [1.54, 1.807) is 5.51 Å². The number of benzene rings is 1. The van der Waals surface area contributed by atoms with Crippen molar-refractivity contribution in [2.75, 3.05) is 0 Å². The zero-order valence-corrected chi connectivity index (χ0v) is 9.27. The zero-order chi connectivity index (χ0) is 11.8. The van der Waals surface area contributed by atoms with Gasteiger partial charge in [0.1, 0.15) is 5.69 Å². The number of fused-ring (bicyclic) bond motifs is 1. The number of aromatic nitrogens is 2. The Kier molecular flexibility index (Phi) is 2.15. The minimum absolute atomic E-state index is 0.174. The van der Waals surface area contributed by atoms with Gasteiger partial charge in [0, 0.05) is 11.6 Å². The molecule has 0 spiro atoms. The number of aromatic carboxylic acids is 1. The van der Waals surface area contributed by atoms with Crippen LogP contribution >= 0.6 is 11.3 Å². The fourth-order valence-electron chi connectivity index (χ4n) is 1.60. The van der Waals surface area contributed by atoms with E-state index in [4.69, 9.17) is 9.63 Å². The van der Waals surface area contributed by atoms with Crippen molar-refractivity contribution in [2.24, 2.45) is 0 Å². The molecule has 5 nitrogen and oxygen atoms in total. The highest BCUT2D eigenvalue weighted by Gasteiger charge is 2.14. The summed E-state index contributed by atoms with van der Waals surface area (Å²) in [5.41, 5.74) is 3.81. The van der Waals surface area contributed by atoms with Crippen molar-refractivity contribution in [1.82, 2.24) is 10.1 Å². The molecule has 0 bridgehead atoms. The summed E-state index contributed by atoms with van der Waals surface area (Å²) in [6, 6.07) is 7.07. The van der Waals surface area contributed by atoms with Crippen LogP contribution < -0.4 is 0 Å². The Morgan fingerprint density at radius 2 is 2.29 bits per heavy atom. The predicted octanol–water partition coefficient (Wildman–Crippen LogP) is 2.65. The number of hydrogen-bond acceptors (Lipinski definition) is 5. The maximum Gasteiger partial charge on any atom is 0.374 e. The molecule has 0 atom stereocenters. The molecule has 0 radical (unpaired) electrons. The summed E-state index contributed by atoms with van der Waals surface area (Å²) in [6.07, 6.45) is 0. The first-order valence-corrected chi connectivity index (χ1v) is 5.66. The molecule has 3 rings (SSSR count). The van der Waals surface area contributed by atoms with Crippen LogP contribution in [0.1, 0.15) is 10.6 Å². The normalized spacial score (nSPS) is 10.8. The maximum absolute atomic E-state index is 10.7. The van der Waals surface area contributed by atoms with E-state index in [1.807, 2.05) is 18.2 Å². The third-order valence-corrected chi connectivity index (χ3v) is 3.15. The molecule has 1 aromatic carbocycles. The molecule has 0 unspecified atom stereocenters. The topological polar surface area (TPSA) is 76.2 Å². The Labute approximate surface area is 99.3 Å². The van der Waals surface area contributed by atoms with Crippen LogP contribution in [0.15, 0.2) is 34.3 Å². The highest BCUT2D eigenvalue weighted by Crippen LogP contribution is 2.29. The first kappa shape index (κ1) is 9.98. The second-order valence-corrected chi connectivity index (χ2v) is 4.27. The summed E-state index contributed by atoms with van der Waals surface area (Å²) < 4.78 is 5.76. The molecule has 84 valence electrons. The Hall–Kier alpha value is -2.21. The molecule has 0 saturated heterocycles. The second kappa shape index (κ2) is 3.67. The third-order valence-electron chi connectivity index (χ3n) is 2.36. The molecule has 0 aliphatic carbocycles. The summed E-state index contributed by atoms with van der Waals surface area (Å²) in [6.45, 7) is 0. The molecule has 0 amide bonds. The molecule has 1 N–H and O–H groups in total. The van der Waals surface area contributed by atoms with E-state index in [9.17, 15) is 4.79 Å². The molecule has 2 heterocycles. The van der Waals surface area contributed by atoms with E-state index in [-0.39, 0.29) is 5.76 Å². The van der Waals surface area contributed by atoms with E-state index < -0.39 is 5.97 Å². The fourth-order valence-corrected chi connectivity index (χ4v) is 2.30. The lowest BCUT2D eigenvalue weighted by Crippen LogP contribution is -1.91. The molecule has 17 heavy (non-hydrogen) atoms. The number of rotatable bonds is 2. The van der Waals surface area contributed by atoms with Crippen molar-refractivity contribution in [2.45, 2.75) is 0 Å². The van der Waals surface area contributed by atoms with Crippen LogP contribution in [0.4, 0.5) is 0 Å². The summed E-state index contributed by atoms with van der Waals surface area (Å²) in [5, 5.41) is 12.5. The van der Waals surface area contributed by atoms with E-state index in [0.29, 0.717) is 5.69 Å². The van der Waals surface area contributed by atoms with Crippen LogP contribution in [0, 0.1) is 0 Å². The van der Waals surface area contributed by atoms with Crippen molar-refractivity contribution in [3.05, 3.63) is 35.5 Å². The summed E-state index contributed by atoms with van der Waals surface area (Å²) in [7, 11) is 0. The monoisotopic (exact) mass is 246 g/mol. The molecule has 0 aliphatic heterocycles. The molecule has 2 aromatic heterocycles. The Morgan fingerprint density at radius 1 is 1.41 bits per heavy atom. The van der Waals surface area contributed by atoms with Crippen LogP contribution in [0.2, 0.25) is 0 Å². The average molecular weight is 246 g/mol. The van der Waals surface area contributed by atoms with Gasteiger partial charge in [-0.2, -0.15) is 0 Å². The minimum Gasteiger partial charge on any atom is -0.475 e. The first-order valence-electron chi connectivity index (χ1n) is 4.78. The van der Waals surface area contributed by atoms with Gasteiger partial charge in [-0.3, -0.25) is 0 Å². The van der Waals surface area contributed by atoms with Crippen molar-refractivity contribution in [3.8, 4) is 11.3 Å². The molecule has 0 saturated carbocycles. The molecule has 0 aliphatic rings. The Morgan fingerprint density at radius 3 is 3.06 bits per heavy atom. The lowest BCUT2D eigenvalue weighted by atomic mass is 10.1. The van der Waals surface area contributed by atoms with E-state index in [0.717, 1.165) is 15.8 Å². The quantitative estimate of drug-likeness (QED) is 0.752. The third kappa shape index (κ3) is 1.58. The van der Waals surface area contributed by atoms with Crippen LogP contribution in [-0.4, -0.2) is 21.2 Å². The van der Waals surface area contributed by atoms with Crippen LogP contribution in [-0.2, 0) is 0 Å². The van der Waals surface area contributed by atoms with Crippen molar-refractivity contribution in [1.29, 1.82) is 0 Å². The number of nitrogens with zero attached hydrogens (tertiary/aromatic N) is 2. The SMILES string of the molecule is O=C(O)c1cc(-c2cccc3scnc23)no1. The van der Waals surface area contributed by atoms with Crippen LogP contribution in [0.5, 0.6) is 0 Å². The number of carboxylic acids is 1. The van der Waals surface area contributed by atoms with E-state index in [1.165, 1.54) is 17.4 Å². The average Bonchev–Trinajstić information content (AvgIpc) is 2.97. The van der Waals surface area contributed by atoms with E-state index in [2.05, 4.69) is 10.1 Å². The van der Waals surface area contributed by atoms with Gasteiger partial charge in [-0.1, -0.05) is 17.3 Å². The van der Waals surface area contributed by atoms with Crippen LogP contribution in [0.25, 0.3) is 21.5 Å². The highest BCUT2D eigenvalue weighted by molar-refractivity contribution is 7.16. The number of hydrogen-bond donors (Lipinski definition) is 1. The Balaban J connectivity index is 2.19. The standard InChI is InChI=1S/C11H6N2O3S/c14-11(15)8-4-7(13-16-8)6-2-1-3-9-10(6)12-5-17-9/h1-5H,(H,14,15). The smallest absolute Gasteiger partial charge is 0.374 e. The van der Waals surface area contributed by atoms with Crippen molar-refractivity contribution in [3.63, 3.8) is 0 Å². The van der Waals surface area contributed by atoms with Crippen LogP contribution in [0.3, 0.4) is 0 Å². The van der Waals surface area contributed by atoms with E-state index >= 15 is 0 Å². The van der Waals surface area contributed by atoms with Gasteiger partial charge in [0.15, 0.2) is 0 Å². The highest BCUT2D eigenvalue weighted by atomic mass is 32.1. The summed E-state index contributed by atoms with van der Waals surface area (Å²) >= 11 is 1.52. The number of para-hydroxylation sites is 1. The Bertz CT molecular complexity index is 701. The number of carboxylic acid groups (broad SMARTS) is 1. The fraction of sp³-hybridized carbons (Fsp3) is 0. The lowest BCUT2D eigenvalue weighted by molar-refractivity contribution is 0.0652. The number of carbonyl (C=O) groups is 1. The van der Waals surface area contributed by atoms with Gasteiger partial charge in [0.25, 0.3) is 0 Å². The maximum atomic E-state index is 10.7. The summed E-state index contributed by atoms with van der Waals surface area (Å²) in [5.74, 6) is -1.30. The minimum atomic E-state index is -1.13. The van der Waals surface area contributed by atoms with Gasteiger partial charge < -0.3 is 9.63 Å². The summed E-state index contributed by atoms with van der Waals surface area (Å²) in [4.78, 5) is 15.0. The lowest BCUT2D eigenvalue weighted by Gasteiger charge is -1.95. The van der Waals surface area contributed by atoms with Gasteiger partial charge in [-0.25, -0.2) is 9.78 Å². The van der Waals surface area contributed by atoms with Gasteiger partial charge in [0.05, 0.1) is 15.7 Å². The molecular formula is C11H6N2O3S. The first-order chi connectivity index (χ1) is 8.25. The van der Waals surface area contributed by atoms with Crippen molar-refractivity contribution >= 4 is 27.5 Å². The van der Waals surface area contributed by atoms with Gasteiger partial charge in [-0.05, 0) is 6.07 Å². The molecular weight excluding hydrogens is 240 g/mol. The largest absolute Gasteiger partial charge is 0.475 e. The second-order valence-electron chi connectivity index (χ2n) is 3.39. The van der Waals surface area contributed by atoms with Gasteiger partial charge in [-0.15, -0.1) is 11.3 Å². The number of thiazole rings is 1. The van der Waals surface area contributed by atoms with Gasteiger partial charge in [0.2, 0.25) is 5.76 Å².